The van der Waals surface area contributed by atoms with E-state index in [4.69, 9.17) is 11.6 Å². The Balaban J connectivity index is 2.16. The third-order valence-corrected chi connectivity index (χ3v) is 4.23. The molecule has 1 saturated heterocycles. The monoisotopic (exact) mass is 328 g/mol. The first kappa shape index (κ1) is 17.2. The Morgan fingerprint density at radius 3 is 2.45 bits per heavy atom. The number of carboxylic acid groups (broad SMARTS) is 1. The number of benzene rings is 1. The zero-order valence-corrected chi connectivity index (χ0v) is 13.7. The third kappa shape index (κ3) is 3.97. The lowest BCUT2D eigenvalue weighted by atomic mass is 10.0. The van der Waals surface area contributed by atoms with Gasteiger partial charge in [-0.2, -0.15) is 0 Å². The second-order valence-corrected chi connectivity index (χ2v) is 6.51. The lowest BCUT2D eigenvalue weighted by molar-refractivity contribution is -0.144. The van der Waals surface area contributed by atoms with Crippen molar-refractivity contribution < 1.29 is 14.3 Å². The average Bonchev–Trinajstić information content (AvgIpc) is 2.43. The highest BCUT2D eigenvalue weighted by Crippen LogP contribution is 2.31. The largest absolute Gasteiger partial charge is 0.480 e. The highest BCUT2D eigenvalue weighted by atomic mass is 35.5. The van der Waals surface area contributed by atoms with E-state index in [2.05, 4.69) is 18.7 Å². The number of nitrogens with zero attached hydrogens (tertiary/aromatic N) is 2. The standard InChI is InChI=1S/C16H22ClFN2O2/c1-11(2)10-19-6-8-20(9-7-19)15(16(21)22)14-12(17)4-3-5-13(14)18/h3-5,11,15H,6-10H2,1-2H3,(H,21,22). The Labute approximate surface area is 135 Å². The molecule has 1 unspecified atom stereocenters. The van der Waals surface area contributed by atoms with Gasteiger partial charge in [-0.25, -0.2) is 4.39 Å². The van der Waals surface area contributed by atoms with Crippen LogP contribution in [-0.2, 0) is 4.79 Å². The van der Waals surface area contributed by atoms with E-state index in [0.717, 1.165) is 19.6 Å². The summed E-state index contributed by atoms with van der Waals surface area (Å²) >= 11 is 6.04. The van der Waals surface area contributed by atoms with E-state index >= 15 is 0 Å². The van der Waals surface area contributed by atoms with E-state index in [-0.39, 0.29) is 10.6 Å². The first-order valence-corrected chi connectivity index (χ1v) is 7.91. The van der Waals surface area contributed by atoms with Crippen LogP contribution in [0.4, 0.5) is 4.39 Å². The normalized spacial score (nSPS) is 18.6. The molecule has 6 heteroatoms. The molecule has 1 aliphatic rings. The molecule has 4 nitrogen and oxygen atoms in total. The minimum Gasteiger partial charge on any atom is -0.480 e. The van der Waals surface area contributed by atoms with Crippen LogP contribution in [0.25, 0.3) is 0 Å². The molecule has 2 rings (SSSR count). The van der Waals surface area contributed by atoms with Gasteiger partial charge in [-0.1, -0.05) is 31.5 Å². The molecule has 1 aromatic rings. The fourth-order valence-corrected chi connectivity index (χ4v) is 3.22. The van der Waals surface area contributed by atoms with Gasteiger partial charge in [0, 0.05) is 43.3 Å². The average molecular weight is 329 g/mol. The van der Waals surface area contributed by atoms with Crippen molar-refractivity contribution in [2.45, 2.75) is 19.9 Å². The molecule has 0 amide bonds. The molecular formula is C16H22ClFN2O2. The van der Waals surface area contributed by atoms with Crippen molar-refractivity contribution in [3.63, 3.8) is 0 Å². The number of aliphatic carboxylic acids is 1. The van der Waals surface area contributed by atoms with Crippen molar-refractivity contribution in [3.05, 3.63) is 34.6 Å². The minimum atomic E-state index is -1.07. The number of carboxylic acids is 1. The van der Waals surface area contributed by atoms with Crippen LogP contribution in [0, 0.1) is 11.7 Å². The summed E-state index contributed by atoms with van der Waals surface area (Å²) in [7, 11) is 0. The van der Waals surface area contributed by atoms with Crippen LogP contribution in [0.2, 0.25) is 5.02 Å². The maximum atomic E-state index is 14.1. The highest BCUT2D eigenvalue weighted by molar-refractivity contribution is 6.31. The second kappa shape index (κ2) is 7.40. The fourth-order valence-electron chi connectivity index (χ4n) is 2.95. The van der Waals surface area contributed by atoms with Gasteiger partial charge in [0.1, 0.15) is 11.9 Å². The SMILES string of the molecule is CC(C)CN1CCN(C(C(=O)O)c2c(F)cccc2Cl)CC1. The molecule has 22 heavy (non-hydrogen) atoms. The van der Waals surface area contributed by atoms with Crippen molar-refractivity contribution in [2.75, 3.05) is 32.7 Å². The molecule has 1 atom stereocenters. The number of piperazine rings is 1. The van der Waals surface area contributed by atoms with E-state index < -0.39 is 17.8 Å². The Hall–Kier alpha value is -1.17. The summed E-state index contributed by atoms with van der Waals surface area (Å²) in [5, 5.41) is 9.72. The Morgan fingerprint density at radius 2 is 1.95 bits per heavy atom. The van der Waals surface area contributed by atoms with Crippen LogP contribution < -0.4 is 0 Å². The van der Waals surface area contributed by atoms with E-state index in [1.807, 2.05) is 0 Å². The van der Waals surface area contributed by atoms with Crippen LogP contribution >= 0.6 is 11.6 Å². The van der Waals surface area contributed by atoms with Crippen LogP contribution in [-0.4, -0.2) is 53.6 Å². The lowest BCUT2D eigenvalue weighted by Crippen LogP contribution is -2.50. The molecular weight excluding hydrogens is 307 g/mol. The Bertz CT molecular complexity index is 511. The molecule has 0 radical (unpaired) electrons. The molecule has 0 spiro atoms. The smallest absolute Gasteiger partial charge is 0.325 e. The summed E-state index contributed by atoms with van der Waals surface area (Å²) in [6, 6.07) is 3.24. The Morgan fingerprint density at radius 1 is 1.32 bits per heavy atom. The molecule has 0 aliphatic carbocycles. The summed E-state index contributed by atoms with van der Waals surface area (Å²) in [5.41, 5.74) is 0.0639. The molecule has 1 heterocycles. The van der Waals surface area contributed by atoms with Gasteiger partial charge in [-0.15, -0.1) is 0 Å². The van der Waals surface area contributed by atoms with E-state index in [1.165, 1.54) is 18.2 Å². The van der Waals surface area contributed by atoms with Gasteiger partial charge >= 0.3 is 5.97 Å². The topological polar surface area (TPSA) is 43.8 Å². The molecule has 1 fully saturated rings. The van der Waals surface area contributed by atoms with Gasteiger partial charge in [-0.3, -0.25) is 9.69 Å². The molecule has 1 aliphatic heterocycles. The first-order valence-electron chi connectivity index (χ1n) is 7.53. The quantitative estimate of drug-likeness (QED) is 0.902. The van der Waals surface area contributed by atoms with Crippen molar-refractivity contribution >= 4 is 17.6 Å². The number of hydrogen-bond acceptors (Lipinski definition) is 3. The fraction of sp³-hybridized carbons (Fsp3) is 0.562. The van der Waals surface area contributed by atoms with E-state index in [9.17, 15) is 14.3 Å². The van der Waals surface area contributed by atoms with Gasteiger partial charge in [0.15, 0.2) is 0 Å². The summed E-state index contributed by atoms with van der Waals surface area (Å²) in [6.45, 7) is 8.06. The summed E-state index contributed by atoms with van der Waals surface area (Å²) < 4.78 is 14.1. The zero-order chi connectivity index (χ0) is 16.3. The molecule has 1 N–H and O–H groups in total. The number of carbonyl (C=O) groups is 1. The zero-order valence-electron chi connectivity index (χ0n) is 12.9. The number of rotatable bonds is 5. The van der Waals surface area contributed by atoms with Gasteiger partial charge < -0.3 is 10.0 Å². The molecule has 122 valence electrons. The van der Waals surface area contributed by atoms with Gasteiger partial charge in [-0.05, 0) is 18.1 Å². The predicted octanol–water partition coefficient (Wildman–Crippen LogP) is 2.88. The first-order chi connectivity index (χ1) is 10.4. The highest BCUT2D eigenvalue weighted by Gasteiger charge is 2.33. The predicted molar refractivity (Wildman–Crippen MR) is 84.6 cm³/mol. The number of hydrogen-bond donors (Lipinski definition) is 1. The molecule has 1 aromatic carbocycles. The van der Waals surface area contributed by atoms with E-state index in [1.54, 1.807) is 4.90 Å². The molecule has 0 bridgehead atoms. The van der Waals surface area contributed by atoms with E-state index in [0.29, 0.717) is 19.0 Å². The number of halogens is 2. The molecule has 0 saturated carbocycles. The summed E-state index contributed by atoms with van der Waals surface area (Å²) in [5.74, 6) is -1.06. The van der Waals surface area contributed by atoms with Gasteiger partial charge in [0.25, 0.3) is 0 Å². The summed E-state index contributed by atoms with van der Waals surface area (Å²) in [4.78, 5) is 15.8. The van der Waals surface area contributed by atoms with Crippen molar-refractivity contribution in [2.24, 2.45) is 5.92 Å². The summed E-state index contributed by atoms with van der Waals surface area (Å²) in [6.07, 6.45) is 0. The maximum Gasteiger partial charge on any atom is 0.325 e. The van der Waals surface area contributed by atoms with Crippen LogP contribution in [0.1, 0.15) is 25.5 Å². The van der Waals surface area contributed by atoms with Crippen LogP contribution in [0.15, 0.2) is 18.2 Å². The third-order valence-electron chi connectivity index (χ3n) is 3.90. The van der Waals surface area contributed by atoms with Gasteiger partial charge in [0.2, 0.25) is 0 Å². The maximum absolute atomic E-state index is 14.1. The van der Waals surface area contributed by atoms with Crippen molar-refractivity contribution in [3.8, 4) is 0 Å². The minimum absolute atomic E-state index is 0.0639. The van der Waals surface area contributed by atoms with Crippen molar-refractivity contribution in [1.82, 2.24) is 9.80 Å². The lowest BCUT2D eigenvalue weighted by Gasteiger charge is -2.38. The van der Waals surface area contributed by atoms with Crippen molar-refractivity contribution in [1.29, 1.82) is 0 Å². The van der Waals surface area contributed by atoms with Crippen LogP contribution in [0.5, 0.6) is 0 Å². The Kier molecular flexibility index (Phi) is 5.78. The molecule has 0 aromatic heterocycles. The van der Waals surface area contributed by atoms with Gasteiger partial charge in [0.05, 0.1) is 0 Å². The van der Waals surface area contributed by atoms with Crippen LogP contribution in [0.3, 0.4) is 0 Å². The second-order valence-electron chi connectivity index (χ2n) is 6.11.